The molecule has 31 heavy (non-hydrogen) atoms. The summed E-state index contributed by atoms with van der Waals surface area (Å²) >= 11 is 0. The fourth-order valence-corrected chi connectivity index (χ4v) is 4.53. The number of benzene rings is 2. The van der Waals surface area contributed by atoms with E-state index in [4.69, 9.17) is 9.84 Å². The molecular formula is C26H29NO4. The lowest BCUT2D eigenvalue weighted by Gasteiger charge is -2.27. The predicted octanol–water partition coefficient (Wildman–Crippen LogP) is 4.62. The number of aliphatic hydroxyl groups excluding tert-OH is 1. The van der Waals surface area contributed by atoms with Gasteiger partial charge in [0.05, 0.1) is 5.69 Å². The first-order chi connectivity index (χ1) is 15.1. The van der Waals surface area contributed by atoms with Gasteiger partial charge in [0.15, 0.2) is 6.29 Å². The SMILES string of the molecule is CCOC(O)C1CCc2c(cc(-c3ccccc3)n2-c2cccc(CCC(=O)O)c2)C1. The zero-order chi connectivity index (χ0) is 21.8. The van der Waals surface area contributed by atoms with Crippen molar-refractivity contribution in [2.24, 2.45) is 5.92 Å². The maximum Gasteiger partial charge on any atom is 0.303 e. The summed E-state index contributed by atoms with van der Waals surface area (Å²) in [5.74, 6) is -0.693. The van der Waals surface area contributed by atoms with Crippen LogP contribution in [0.1, 0.15) is 36.6 Å². The van der Waals surface area contributed by atoms with E-state index in [2.05, 4.69) is 34.9 Å². The number of aryl methyl sites for hydroxylation is 1. The molecule has 0 spiro atoms. The second kappa shape index (κ2) is 9.50. The van der Waals surface area contributed by atoms with Crippen LogP contribution >= 0.6 is 0 Å². The number of aliphatic hydroxyl groups is 1. The highest BCUT2D eigenvalue weighted by atomic mass is 16.6. The van der Waals surface area contributed by atoms with E-state index in [0.717, 1.165) is 41.8 Å². The number of aromatic nitrogens is 1. The molecule has 162 valence electrons. The monoisotopic (exact) mass is 419 g/mol. The molecule has 3 aromatic rings. The van der Waals surface area contributed by atoms with E-state index >= 15 is 0 Å². The zero-order valence-electron chi connectivity index (χ0n) is 17.8. The van der Waals surface area contributed by atoms with Crippen LogP contribution in [0.2, 0.25) is 0 Å². The average molecular weight is 420 g/mol. The Hall–Kier alpha value is -2.89. The summed E-state index contributed by atoms with van der Waals surface area (Å²) in [6.45, 7) is 2.41. The van der Waals surface area contributed by atoms with Crippen molar-refractivity contribution >= 4 is 5.97 Å². The molecule has 0 saturated heterocycles. The van der Waals surface area contributed by atoms with Gasteiger partial charge in [0, 0.05) is 30.3 Å². The molecule has 0 fully saturated rings. The maximum atomic E-state index is 11.0. The highest BCUT2D eigenvalue weighted by Crippen LogP contribution is 2.36. The van der Waals surface area contributed by atoms with Crippen LogP contribution in [-0.2, 0) is 28.8 Å². The fourth-order valence-electron chi connectivity index (χ4n) is 4.53. The minimum atomic E-state index is -0.785. The predicted molar refractivity (Wildman–Crippen MR) is 120 cm³/mol. The first-order valence-electron chi connectivity index (χ1n) is 11.0. The molecule has 0 amide bonds. The summed E-state index contributed by atoms with van der Waals surface area (Å²) in [5, 5.41) is 19.4. The number of carbonyl (C=O) groups is 1. The molecule has 1 aliphatic carbocycles. The number of ether oxygens (including phenoxy) is 1. The quantitative estimate of drug-likeness (QED) is 0.523. The topological polar surface area (TPSA) is 71.7 Å². The van der Waals surface area contributed by atoms with Gasteiger partial charge in [-0.05, 0) is 67.5 Å². The van der Waals surface area contributed by atoms with E-state index in [1.165, 1.54) is 11.3 Å². The van der Waals surface area contributed by atoms with E-state index in [9.17, 15) is 9.90 Å². The van der Waals surface area contributed by atoms with Gasteiger partial charge in [-0.2, -0.15) is 0 Å². The number of aliphatic carboxylic acids is 1. The van der Waals surface area contributed by atoms with Crippen molar-refractivity contribution in [2.75, 3.05) is 6.61 Å². The molecule has 2 unspecified atom stereocenters. The molecule has 2 aromatic carbocycles. The maximum absolute atomic E-state index is 11.0. The van der Waals surface area contributed by atoms with Crippen molar-refractivity contribution in [1.82, 2.24) is 4.57 Å². The number of hydrogen-bond donors (Lipinski definition) is 2. The van der Waals surface area contributed by atoms with Crippen LogP contribution in [0.3, 0.4) is 0 Å². The zero-order valence-corrected chi connectivity index (χ0v) is 17.8. The van der Waals surface area contributed by atoms with E-state index in [-0.39, 0.29) is 12.3 Å². The minimum Gasteiger partial charge on any atom is -0.481 e. The third-order valence-corrected chi connectivity index (χ3v) is 6.03. The van der Waals surface area contributed by atoms with Crippen LogP contribution in [0, 0.1) is 5.92 Å². The lowest BCUT2D eigenvalue weighted by Crippen LogP contribution is -2.29. The van der Waals surface area contributed by atoms with Gasteiger partial charge in [-0.15, -0.1) is 0 Å². The van der Waals surface area contributed by atoms with Gasteiger partial charge in [0.25, 0.3) is 0 Å². The molecule has 1 aliphatic rings. The third-order valence-electron chi connectivity index (χ3n) is 6.03. The van der Waals surface area contributed by atoms with Gasteiger partial charge in [-0.3, -0.25) is 4.79 Å². The molecule has 5 heteroatoms. The molecule has 0 radical (unpaired) electrons. The van der Waals surface area contributed by atoms with Crippen LogP contribution in [-0.4, -0.2) is 33.6 Å². The van der Waals surface area contributed by atoms with E-state index in [1.54, 1.807) is 0 Å². The van der Waals surface area contributed by atoms with E-state index < -0.39 is 12.3 Å². The Morgan fingerprint density at radius 3 is 2.71 bits per heavy atom. The van der Waals surface area contributed by atoms with Crippen molar-refractivity contribution < 1.29 is 19.7 Å². The lowest BCUT2D eigenvalue weighted by atomic mass is 9.87. The van der Waals surface area contributed by atoms with Gasteiger partial charge in [-0.25, -0.2) is 0 Å². The van der Waals surface area contributed by atoms with Crippen molar-refractivity contribution in [1.29, 1.82) is 0 Å². The summed E-state index contributed by atoms with van der Waals surface area (Å²) in [6.07, 6.45) is 2.40. The lowest BCUT2D eigenvalue weighted by molar-refractivity contribution is -0.137. The first-order valence-corrected chi connectivity index (χ1v) is 11.0. The Labute approximate surface area is 182 Å². The summed E-state index contributed by atoms with van der Waals surface area (Å²) in [7, 11) is 0. The van der Waals surface area contributed by atoms with Crippen LogP contribution in [0.5, 0.6) is 0 Å². The number of fused-ring (bicyclic) bond motifs is 1. The molecule has 0 aliphatic heterocycles. The summed E-state index contributed by atoms with van der Waals surface area (Å²) < 4.78 is 7.77. The van der Waals surface area contributed by atoms with Crippen LogP contribution < -0.4 is 0 Å². The first kappa shape index (κ1) is 21.3. The summed E-state index contributed by atoms with van der Waals surface area (Å²) in [6, 6.07) is 20.7. The minimum absolute atomic E-state index is 0.0915. The molecular weight excluding hydrogens is 390 g/mol. The molecule has 4 rings (SSSR count). The van der Waals surface area contributed by atoms with Gasteiger partial charge >= 0.3 is 5.97 Å². The number of nitrogens with zero attached hydrogens (tertiary/aromatic N) is 1. The number of carboxylic acid groups (broad SMARTS) is 1. The van der Waals surface area contributed by atoms with Crippen LogP contribution in [0.15, 0.2) is 60.7 Å². The van der Waals surface area contributed by atoms with E-state index in [1.807, 2.05) is 37.3 Å². The summed E-state index contributed by atoms with van der Waals surface area (Å²) in [5.41, 5.74) is 6.81. The largest absolute Gasteiger partial charge is 0.481 e. The number of rotatable bonds is 8. The molecule has 0 saturated carbocycles. The molecule has 2 N–H and O–H groups in total. The van der Waals surface area contributed by atoms with Gasteiger partial charge in [0.2, 0.25) is 0 Å². The van der Waals surface area contributed by atoms with Crippen LogP contribution in [0.4, 0.5) is 0 Å². The molecule has 5 nitrogen and oxygen atoms in total. The highest BCUT2D eigenvalue weighted by Gasteiger charge is 2.29. The molecule has 1 heterocycles. The molecule has 2 atom stereocenters. The Morgan fingerprint density at radius 2 is 1.97 bits per heavy atom. The van der Waals surface area contributed by atoms with Crippen molar-refractivity contribution in [3.8, 4) is 16.9 Å². The Morgan fingerprint density at radius 1 is 1.16 bits per heavy atom. The van der Waals surface area contributed by atoms with Crippen molar-refractivity contribution in [2.45, 2.75) is 45.3 Å². The highest BCUT2D eigenvalue weighted by molar-refractivity contribution is 5.68. The smallest absolute Gasteiger partial charge is 0.303 e. The molecule has 0 bridgehead atoms. The Balaban J connectivity index is 1.75. The molecule has 1 aromatic heterocycles. The standard InChI is InChI=1S/C26H29NO4/c1-2-31-26(30)20-12-13-23-21(16-20)17-24(19-8-4-3-5-9-19)27(23)22-10-6-7-18(15-22)11-14-25(28)29/h3-10,15,17,20,26,30H,2,11-14,16H2,1H3,(H,28,29). The van der Waals surface area contributed by atoms with Crippen molar-refractivity contribution in [3.63, 3.8) is 0 Å². The van der Waals surface area contributed by atoms with Gasteiger partial charge in [-0.1, -0.05) is 42.5 Å². The second-order valence-corrected chi connectivity index (χ2v) is 8.12. The van der Waals surface area contributed by atoms with Crippen molar-refractivity contribution in [3.05, 3.63) is 77.5 Å². The Kier molecular flexibility index (Phi) is 6.54. The summed E-state index contributed by atoms with van der Waals surface area (Å²) in [4.78, 5) is 11.0. The second-order valence-electron chi connectivity index (χ2n) is 8.12. The Bertz CT molecular complexity index is 1040. The van der Waals surface area contributed by atoms with Gasteiger partial charge < -0.3 is 19.5 Å². The van der Waals surface area contributed by atoms with E-state index in [0.29, 0.717) is 13.0 Å². The number of carboxylic acids is 1. The number of hydrogen-bond acceptors (Lipinski definition) is 3. The van der Waals surface area contributed by atoms with Gasteiger partial charge in [0.1, 0.15) is 0 Å². The third kappa shape index (κ3) is 4.73. The fraction of sp³-hybridized carbons (Fsp3) is 0.346. The van der Waals surface area contributed by atoms with Crippen LogP contribution in [0.25, 0.3) is 16.9 Å². The normalized spacial score (nSPS) is 16.6. The average Bonchev–Trinajstić information content (AvgIpc) is 3.17.